The van der Waals surface area contributed by atoms with Crippen LogP contribution in [0.2, 0.25) is 0 Å². The van der Waals surface area contributed by atoms with Crippen LogP contribution in [0.4, 0.5) is 0 Å². The molecule has 150 valence electrons. The highest BCUT2D eigenvalue weighted by Gasteiger charge is 2.40. The molecule has 0 amide bonds. The molecule has 0 N–H and O–H groups in total. The zero-order valence-corrected chi connectivity index (χ0v) is 18.1. The number of rotatable bonds is 7. The highest BCUT2D eigenvalue weighted by molar-refractivity contribution is 8.00. The molecule has 3 aromatic carbocycles. The average molecular weight is 405 g/mol. The van der Waals surface area contributed by atoms with Gasteiger partial charge in [-0.1, -0.05) is 112 Å². The van der Waals surface area contributed by atoms with E-state index in [0.717, 1.165) is 22.4 Å². The van der Waals surface area contributed by atoms with Gasteiger partial charge in [0, 0.05) is 27.2 Å². The van der Waals surface area contributed by atoms with E-state index < -0.39 is 5.60 Å². The molecule has 0 bridgehead atoms. The van der Waals surface area contributed by atoms with E-state index in [-0.39, 0.29) is 10.7 Å². The quantitative estimate of drug-likeness (QED) is 0.335. The van der Waals surface area contributed by atoms with Crippen molar-refractivity contribution in [3.63, 3.8) is 0 Å². The van der Waals surface area contributed by atoms with Crippen LogP contribution in [-0.2, 0) is 15.1 Å². The van der Waals surface area contributed by atoms with Gasteiger partial charge in [-0.05, 0) is 0 Å². The molecule has 3 aromatic rings. The van der Waals surface area contributed by atoms with Crippen molar-refractivity contribution >= 4 is 17.7 Å². The van der Waals surface area contributed by atoms with Gasteiger partial charge >= 0.3 is 5.97 Å². The summed E-state index contributed by atoms with van der Waals surface area (Å²) in [6, 6.07) is 30.0. The molecule has 0 spiro atoms. The summed E-state index contributed by atoms with van der Waals surface area (Å²) in [7, 11) is 0. The molecular weight excluding hydrogens is 376 g/mol. The van der Waals surface area contributed by atoms with Crippen molar-refractivity contribution < 1.29 is 9.53 Å². The Balaban J connectivity index is 2.04. The first-order valence-electron chi connectivity index (χ1n) is 9.94. The van der Waals surface area contributed by atoms with Crippen molar-refractivity contribution in [2.75, 3.05) is 5.75 Å². The second-order valence-electron chi connectivity index (χ2n) is 7.96. The molecule has 3 heteroatoms. The van der Waals surface area contributed by atoms with Crippen LogP contribution < -0.4 is 0 Å². The molecule has 0 heterocycles. The number of ether oxygens (including phenoxy) is 1. The highest BCUT2D eigenvalue weighted by atomic mass is 32.2. The van der Waals surface area contributed by atoms with Crippen molar-refractivity contribution in [1.29, 1.82) is 0 Å². The summed E-state index contributed by atoms with van der Waals surface area (Å²) in [5, 5.41) is 0. The predicted molar refractivity (Wildman–Crippen MR) is 122 cm³/mol. The van der Waals surface area contributed by atoms with Crippen molar-refractivity contribution in [3.05, 3.63) is 108 Å². The lowest BCUT2D eigenvalue weighted by molar-refractivity contribution is -0.153. The molecule has 0 aromatic heterocycles. The minimum absolute atomic E-state index is 0.121. The van der Waals surface area contributed by atoms with E-state index in [1.807, 2.05) is 91.0 Å². The van der Waals surface area contributed by atoms with Crippen molar-refractivity contribution in [1.82, 2.24) is 0 Å². The van der Waals surface area contributed by atoms with Gasteiger partial charge in [-0.15, -0.1) is 0 Å². The summed E-state index contributed by atoms with van der Waals surface area (Å²) in [6.07, 6.45) is 0.371. The van der Waals surface area contributed by atoms with Gasteiger partial charge in [-0.2, -0.15) is 11.8 Å². The molecule has 0 aliphatic rings. The van der Waals surface area contributed by atoms with Gasteiger partial charge < -0.3 is 4.74 Å². The summed E-state index contributed by atoms with van der Waals surface area (Å²) < 4.78 is 6.48. The maximum absolute atomic E-state index is 13.0. The SMILES string of the molecule is CC(C)(C)SCCC(=O)OC(c1ccccc1)(c1ccccc1)c1ccccc1. The Bertz CT molecular complexity index is 803. The largest absolute Gasteiger partial charge is 0.444 e. The minimum Gasteiger partial charge on any atom is -0.444 e. The molecule has 0 aliphatic heterocycles. The first-order valence-corrected chi connectivity index (χ1v) is 10.9. The molecule has 0 radical (unpaired) electrons. The zero-order chi connectivity index (χ0) is 20.7. The third-order valence-corrected chi connectivity index (χ3v) is 5.92. The van der Waals surface area contributed by atoms with Crippen LogP contribution >= 0.6 is 11.8 Å². The van der Waals surface area contributed by atoms with E-state index >= 15 is 0 Å². The first kappa shape index (κ1) is 21.2. The minimum atomic E-state index is -0.979. The summed E-state index contributed by atoms with van der Waals surface area (Å²) in [4.78, 5) is 13.0. The molecule has 0 fully saturated rings. The van der Waals surface area contributed by atoms with Crippen LogP contribution in [0.1, 0.15) is 43.9 Å². The van der Waals surface area contributed by atoms with E-state index in [9.17, 15) is 4.79 Å². The molecule has 0 atom stereocenters. The Labute approximate surface area is 178 Å². The van der Waals surface area contributed by atoms with Crippen LogP contribution in [0, 0.1) is 0 Å². The third kappa shape index (κ3) is 5.30. The molecule has 0 saturated carbocycles. The number of hydrogen-bond donors (Lipinski definition) is 0. The Morgan fingerprint density at radius 3 is 1.45 bits per heavy atom. The number of thioether (sulfide) groups is 1. The average Bonchev–Trinajstić information content (AvgIpc) is 2.73. The zero-order valence-electron chi connectivity index (χ0n) is 17.3. The lowest BCUT2D eigenvalue weighted by Crippen LogP contribution is -2.35. The van der Waals surface area contributed by atoms with Gasteiger partial charge in [0.2, 0.25) is 0 Å². The molecule has 2 nitrogen and oxygen atoms in total. The van der Waals surface area contributed by atoms with Crippen molar-refractivity contribution in [2.45, 2.75) is 37.5 Å². The maximum atomic E-state index is 13.0. The Hall–Kier alpha value is -2.52. The van der Waals surface area contributed by atoms with Crippen LogP contribution in [-0.4, -0.2) is 16.5 Å². The molecule has 3 rings (SSSR count). The highest BCUT2D eigenvalue weighted by Crippen LogP contribution is 2.40. The fourth-order valence-electron chi connectivity index (χ4n) is 3.36. The lowest BCUT2D eigenvalue weighted by atomic mass is 9.80. The van der Waals surface area contributed by atoms with Gasteiger partial charge in [0.1, 0.15) is 0 Å². The van der Waals surface area contributed by atoms with Gasteiger partial charge in [0.05, 0.1) is 6.42 Å². The number of esters is 1. The van der Waals surface area contributed by atoms with Crippen LogP contribution in [0.25, 0.3) is 0 Å². The van der Waals surface area contributed by atoms with E-state index in [0.29, 0.717) is 6.42 Å². The van der Waals surface area contributed by atoms with Gasteiger partial charge in [0.25, 0.3) is 0 Å². The normalized spacial score (nSPS) is 11.8. The summed E-state index contributed by atoms with van der Waals surface area (Å²) >= 11 is 1.77. The van der Waals surface area contributed by atoms with Crippen LogP contribution in [0.3, 0.4) is 0 Å². The van der Waals surface area contributed by atoms with Crippen LogP contribution in [0.15, 0.2) is 91.0 Å². The van der Waals surface area contributed by atoms with Gasteiger partial charge in [-0.3, -0.25) is 4.79 Å². The number of benzene rings is 3. The fraction of sp³-hybridized carbons (Fsp3) is 0.269. The fourth-order valence-corrected chi connectivity index (χ4v) is 4.24. The smallest absolute Gasteiger partial charge is 0.308 e. The molecular formula is C26H28O2S. The van der Waals surface area contributed by atoms with E-state index in [2.05, 4.69) is 20.8 Å². The third-order valence-electron chi connectivity index (χ3n) is 4.65. The Kier molecular flexibility index (Phi) is 6.81. The molecule has 0 unspecified atom stereocenters. The first-order chi connectivity index (χ1) is 13.9. The lowest BCUT2D eigenvalue weighted by Gasteiger charge is -2.35. The van der Waals surface area contributed by atoms with Crippen molar-refractivity contribution in [3.8, 4) is 0 Å². The van der Waals surface area contributed by atoms with E-state index in [1.165, 1.54) is 0 Å². The van der Waals surface area contributed by atoms with Gasteiger partial charge in [0.15, 0.2) is 5.60 Å². The molecule has 29 heavy (non-hydrogen) atoms. The number of carbonyl (C=O) groups is 1. The summed E-state index contributed by atoms with van der Waals surface area (Å²) in [5.74, 6) is 0.537. The maximum Gasteiger partial charge on any atom is 0.308 e. The van der Waals surface area contributed by atoms with Gasteiger partial charge in [-0.25, -0.2) is 0 Å². The summed E-state index contributed by atoms with van der Waals surface area (Å²) in [5.41, 5.74) is 1.84. The predicted octanol–water partition coefficient (Wildman–Crippen LogP) is 6.44. The second kappa shape index (κ2) is 9.32. The molecule has 0 saturated heterocycles. The standard InChI is InChI=1S/C26H28O2S/c1-25(2,3)29-20-19-24(27)28-26(21-13-7-4-8-14-21,22-15-9-5-10-16-22)23-17-11-6-12-18-23/h4-18H,19-20H2,1-3H3. The summed E-state index contributed by atoms with van der Waals surface area (Å²) in [6.45, 7) is 6.47. The van der Waals surface area contributed by atoms with Crippen molar-refractivity contribution in [2.24, 2.45) is 0 Å². The monoisotopic (exact) mass is 404 g/mol. The van der Waals surface area contributed by atoms with E-state index in [4.69, 9.17) is 4.74 Å². The Morgan fingerprint density at radius 1 is 0.724 bits per heavy atom. The number of hydrogen-bond acceptors (Lipinski definition) is 3. The topological polar surface area (TPSA) is 26.3 Å². The molecule has 0 aliphatic carbocycles. The van der Waals surface area contributed by atoms with Crippen LogP contribution in [0.5, 0.6) is 0 Å². The Morgan fingerprint density at radius 2 is 1.10 bits per heavy atom. The number of carbonyl (C=O) groups excluding carboxylic acids is 1. The van der Waals surface area contributed by atoms with E-state index in [1.54, 1.807) is 11.8 Å². The second-order valence-corrected chi connectivity index (χ2v) is 9.89.